The number of amides is 1. The second-order valence-electron chi connectivity index (χ2n) is 5.58. The van der Waals surface area contributed by atoms with Crippen LogP contribution in [0.1, 0.15) is 29.5 Å². The van der Waals surface area contributed by atoms with E-state index >= 15 is 0 Å². The van der Waals surface area contributed by atoms with Crippen molar-refractivity contribution in [1.82, 2.24) is 14.9 Å². The molecule has 0 aliphatic carbocycles. The Balaban J connectivity index is 1.79. The molecule has 0 saturated heterocycles. The summed E-state index contributed by atoms with van der Waals surface area (Å²) in [5.74, 6) is 1.40. The summed E-state index contributed by atoms with van der Waals surface area (Å²) in [6.07, 6.45) is 1.01. The van der Waals surface area contributed by atoms with Crippen LogP contribution >= 0.6 is 0 Å². The monoisotopic (exact) mass is 323 g/mol. The Labute approximate surface area is 141 Å². The molecule has 1 aromatic heterocycles. The highest BCUT2D eigenvalue weighted by atomic mass is 16.5. The maximum atomic E-state index is 12.4. The predicted molar refractivity (Wildman–Crippen MR) is 94.2 cm³/mol. The molecule has 1 heterocycles. The summed E-state index contributed by atoms with van der Waals surface area (Å²) >= 11 is 0. The second-order valence-corrected chi connectivity index (χ2v) is 5.58. The van der Waals surface area contributed by atoms with E-state index in [1.54, 1.807) is 25.3 Å². The number of nitrogens with zero attached hydrogens (tertiary/aromatic N) is 2. The van der Waals surface area contributed by atoms with Gasteiger partial charge in [-0.05, 0) is 36.8 Å². The third kappa shape index (κ3) is 3.25. The highest BCUT2D eigenvalue weighted by molar-refractivity contribution is 5.94. The van der Waals surface area contributed by atoms with E-state index in [1.165, 1.54) is 0 Å². The number of hydrogen-bond donors (Lipinski definition) is 1. The molecule has 3 aromatic rings. The lowest BCUT2D eigenvalue weighted by atomic mass is 10.2. The molecule has 0 fully saturated rings. The van der Waals surface area contributed by atoms with Crippen molar-refractivity contribution in [2.24, 2.45) is 0 Å². The van der Waals surface area contributed by atoms with Crippen molar-refractivity contribution in [2.75, 3.05) is 7.11 Å². The summed E-state index contributed by atoms with van der Waals surface area (Å²) in [5, 5.41) is 2.95. The van der Waals surface area contributed by atoms with Gasteiger partial charge in [-0.25, -0.2) is 4.98 Å². The van der Waals surface area contributed by atoms with E-state index in [2.05, 4.69) is 27.9 Å². The number of aryl methyl sites for hydroxylation is 1. The Hall–Kier alpha value is -2.82. The van der Waals surface area contributed by atoms with E-state index in [0.29, 0.717) is 17.9 Å². The highest BCUT2D eigenvalue weighted by Gasteiger charge is 2.12. The molecule has 0 aliphatic heterocycles. The van der Waals surface area contributed by atoms with Crippen LogP contribution < -0.4 is 10.1 Å². The Morgan fingerprint density at radius 1 is 1.21 bits per heavy atom. The lowest BCUT2D eigenvalue weighted by Crippen LogP contribution is -2.24. The number of carbonyl (C=O) groups excluding carboxylic acids is 1. The van der Waals surface area contributed by atoms with Gasteiger partial charge in [0, 0.05) is 12.1 Å². The molecule has 24 heavy (non-hydrogen) atoms. The minimum atomic E-state index is -0.135. The zero-order chi connectivity index (χ0) is 16.9. The molecule has 0 atom stereocenters. The third-order valence-corrected chi connectivity index (χ3v) is 3.92. The standard InChI is InChI=1S/C19H21N3O2/c1-3-11-22-17-10-5-4-9-16(17)21-18(22)13-20-19(23)14-7-6-8-15(12-14)24-2/h4-10,12H,3,11,13H2,1-2H3,(H,20,23). The molecule has 5 nitrogen and oxygen atoms in total. The SMILES string of the molecule is CCCn1c(CNC(=O)c2cccc(OC)c2)nc2ccccc21. The molecule has 0 unspecified atom stereocenters. The van der Waals surface area contributed by atoms with Gasteiger partial charge in [-0.3, -0.25) is 4.79 Å². The Morgan fingerprint density at radius 2 is 2.04 bits per heavy atom. The number of rotatable bonds is 6. The van der Waals surface area contributed by atoms with E-state index < -0.39 is 0 Å². The van der Waals surface area contributed by atoms with E-state index in [9.17, 15) is 4.79 Å². The van der Waals surface area contributed by atoms with Gasteiger partial charge in [-0.15, -0.1) is 0 Å². The van der Waals surface area contributed by atoms with Gasteiger partial charge < -0.3 is 14.6 Å². The number of methoxy groups -OCH3 is 1. The number of para-hydroxylation sites is 2. The summed E-state index contributed by atoms with van der Waals surface area (Å²) in [5.41, 5.74) is 2.63. The van der Waals surface area contributed by atoms with Crippen LogP contribution in [0.5, 0.6) is 5.75 Å². The van der Waals surface area contributed by atoms with Crippen molar-refractivity contribution in [3.05, 3.63) is 59.9 Å². The van der Waals surface area contributed by atoms with Crippen molar-refractivity contribution >= 4 is 16.9 Å². The minimum absolute atomic E-state index is 0.135. The fourth-order valence-corrected chi connectivity index (χ4v) is 2.76. The molecule has 0 bridgehead atoms. The minimum Gasteiger partial charge on any atom is -0.497 e. The lowest BCUT2D eigenvalue weighted by molar-refractivity contribution is 0.0949. The zero-order valence-corrected chi connectivity index (χ0v) is 14.0. The molecule has 1 N–H and O–H groups in total. The van der Waals surface area contributed by atoms with Gasteiger partial charge >= 0.3 is 0 Å². The van der Waals surface area contributed by atoms with Gasteiger partial charge in [0.1, 0.15) is 11.6 Å². The molecule has 2 aromatic carbocycles. The summed E-state index contributed by atoms with van der Waals surface area (Å²) in [6, 6.07) is 15.2. The van der Waals surface area contributed by atoms with Crippen molar-refractivity contribution in [3.63, 3.8) is 0 Å². The van der Waals surface area contributed by atoms with Crippen LogP contribution in [0.2, 0.25) is 0 Å². The van der Waals surface area contributed by atoms with Gasteiger partial charge in [-0.1, -0.05) is 25.1 Å². The summed E-state index contributed by atoms with van der Waals surface area (Å²) in [4.78, 5) is 17.0. The molecule has 124 valence electrons. The summed E-state index contributed by atoms with van der Waals surface area (Å²) in [7, 11) is 1.59. The van der Waals surface area contributed by atoms with E-state index in [1.807, 2.05) is 24.3 Å². The number of benzene rings is 2. The van der Waals surface area contributed by atoms with Gasteiger partial charge in [0.25, 0.3) is 5.91 Å². The molecule has 5 heteroatoms. The van der Waals surface area contributed by atoms with Crippen molar-refractivity contribution in [3.8, 4) is 5.75 Å². The van der Waals surface area contributed by atoms with Crippen LogP contribution in [-0.4, -0.2) is 22.6 Å². The van der Waals surface area contributed by atoms with Gasteiger partial charge in [0.05, 0.1) is 24.7 Å². The smallest absolute Gasteiger partial charge is 0.251 e. The maximum absolute atomic E-state index is 12.4. The Kier molecular flexibility index (Phi) is 4.79. The van der Waals surface area contributed by atoms with E-state index in [4.69, 9.17) is 4.74 Å². The quantitative estimate of drug-likeness (QED) is 0.756. The average Bonchev–Trinajstić information content (AvgIpc) is 2.98. The predicted octanol–water partition coefficient (Wildman–Crippen LogP) is 3.38. The number of imidazole rings is 1. The first-order valence-electron chi connectivity index (χ1n) is 8.09. The number of hydrogen-bond acceptors (Lipinski definition) is 3. The lowest BCUT2D eigenvalue weighted by Gasteiger charge is -2.09. The number of fused-ring (bicyclic) bond motifs is 1. The number of carbonyl (C=O) groups is 1. The normalized spacial score (nSPS) is 10.8. The largest absolute Gasteiger partial charge is 0.497 e. The average molecular weight is 323 g/mol. The number of ether oxygens (including phenoxy) is 1. The van der Waals surface area contributed by atoms with Crippen LogP contribution in [0.3, 0.4) is 0 Å². The van der Waals surface area contributed by atoms with Crippen LogP contribution in [0.4, 0.5) is 0 Å². The fourth-order valence-electron chi connectivity index (χ4n) is 2.76. The highest BCUT2D eigenvalue weighted by Crippen LogP contribution is 2.17. The van der Waals surface area contributed by atoms with Crippen LogP contribution in [0.25, 0.3) is 11.0 Å². The Bertz CT molecular complexity index is 855. The molecule has 0 spiro atoms. The summed E-state index contributed by atoms with van der Waals surface area (Å²) in [6.45, 7) is 3.41. The summed E-state index contributed by atoms with van der Waals surface area (Å²) < 4.78 is 7.33. The second kappa shape index (κ2) is 7.17. The van der Waals surface area contributed by atoms with E-state index in [-0.39, 0.29) is 5.91 Å². The van der Waals surface area contributed by atoms with Crippen molar-refractivity contribution < 1.29 is 9.53 Å². The molecular weight excluding hydrogens is 302 g/mol. The fraction of sp³-hybridized carbons (Fsp3) is 0.263. The Morgan fingerprint density at radius 3 is 2.83 bits per heavy atom. The van der Waals surface area contributed by atoms with Crippen LogP contribution in [0.15, 0.2) is 48.5 Å². The maximum Gasteiger partial charge on any atom is 0.251 e. The molecule has 3 rings (SSSR count). The number of nitrogens with one attached hydrogen (secondary N) is 1. The molecule has 0 radical (unpaired) electrons. The van der Waals surface area contributed by atoms with Crippen LogP contribution in [0, 0.1) is 0 Å². The molecular formula is C19H21N3O2. The first-order valence-corrected chi connectivity index (χ1v) is 8.09. The molecule has 0 saturated carbocycles. The first kappa shape index (κ1) is 16.1. The van der Waals surface area contributed by atoms with Gasteiger partial charge in [-0.2, -0.15) is 0 Å². The van der Waals surface area contributed by atoms with Crippen molar-refractivity contribution in [2.45, 2.75) is 26.4 Å². The molecule has 0 aliphatic rings. The van der Waals surface area contributed by atoms with Crippen molar-refractivity contribution in [1.29, 1.82) is 0 Å². The number of aromatic nitrogens is 2. The third-order valence-electron chi connectivity index (χ3n) is 3.92. The van der Waals surface area contributed by atoms with Gasteiger partial charge in [0.15, 0.2) is 0 Å². The zero-order valence-electron chi connectivity index (χ0n) is 14.0. The van der Waals surface area contributed by atoms with Gasteiger partial charge in [0.2, 0.25) is 0 Å². The molecule has 1 amide bonds. The first-order chi connectivity index (χ1) is 11.7. The van der Waals surface area contributed by atoms with E-state index in [0.717, 1.165) is 29.8 Å². The van der Waals surface area contributed by atoms with Crippen LogP contribution in [-0.2, 0) is 13.1 Å². The topological polar surface area (TPSA) is 56.2 Å².